The van der Waals surface area contributed by atoms with E-state index in [1.165, 1.54) is 72.1 Å². The third-order valence-corrected chi connectivity index (χ3v) is 11.6. The van der Waals surface area contributed by atoms with Crippen LogP contribution in [0.3, 0.4) is 0 Å². The molecule has 2 aromatic heterocycles. The molecular weight excluding hydrogens is 643 g/mol. The summed E-state index contributed by atoms with van der Waals surface area (Å²) in [6, 6.07) is 62.3. The van der Waals surface area contributed by atoms with Gasteiger partial charge < -0.3 is 9.47 Å². The molecule has 2 aliphatic rings. The summed E-state index contributed by atoms with van der Waals surface area (Å²) in [5, 5.41) is 2.52. The fraction of sp³-hybridized carbons (Fsp3) is 0.0600. The normalized spacial score (nSPS) is 13.6. The second-order valence-electron chi connectivity index (χ2n) is 14.8. The van der Waals surface area contributed by atoms with E-state index in [2.05, 4.69) is 193 Å². The quantitative estimate of drug-likeness (QED) is 0.182. The van der Waals surface area contributed by atoms with Crippen LogP contribution in [0.25, 0.3) is 72.1 Å². The Morgan fingerprint density at radius 3 is 1.77 bits per heavy atom. The van der Waals surface area contributed by atoms with Crippen LogP contribution in [-0.4, -0.2) is 9.55 Å². The summed E-state index contributed by atoms with van der Waals surface area (Å²) in [7, 11) is 0. The average molecular weight is 678 g/mol. The summed E-state index contributed by atoms with van der Waals surface area (Å²) in [6.45, 7) is 4.72. The SMILES string of the molecule is CC1(C)c2ccccc2N(c2ccccc2)c2cc3c(cc21)-c1ncccc1-c1ccc(-n2c4ccccc4c4ccccc42)cc1-c1ccccc1-3. The molecule has 3 heteroatoms. The molecule has 0 saturated heterocycles. The lowest BCUT2D eigenvalue weighted by atomic mass is 9.71. The highest BCUT2D eigenvalue weighted by molar-refractivity contribution is 6.10. The number of para-hydroxylation sites is 4. The Labute approximate surface area is 309 Å². The smallest absolute Gasteiger partial charge is 0.0786 e. The molecule has 0 fully saturated rings. The van der Waals surface area contributed by atoms with Gasteiger partial charge in [0.25, 0.3) is 0 Å². The van der Waals surface area contributed by atoms with Gasteiger partial charge in [0.15, 0.2) is 0 Å². The predicted octanol–water partition coefficient (Wildman–Crippen LogP) is 13.3. The van der Waals surface area contributed by atoms with Gasteiger partial charge in [-0.3, -0.25) is 4.98 Å². The van der Waals surface area contributed by atoms with Gasteiger partial charge in [0.05, 0.1) is 28.1 Å². The molecule has 0 radical (unpaired) electrons. The summed E-state index contributed by atoms with van der Waals surface area (Å²) in [5.41, 5.74) is 18.8. The molecule has 3 nitrogen and oxygen atoms in total. The maximum atomic E-state index is 5.19. The Bertz CT molecular complexity index is 2880. The van der Waals surface area contributed by atoms with Crippen molar-refractivity contribution in [2.45, 2.75) is 19.3 Å². The van der Waals surface area contributed by atoms with Crippen molar-refractivity contribution in [3.05, 3.63) is 187 Å². The lowest BCUT2D eigenvalue weighted by molar-refractivity contribution is 0.632. The summed E-state index contributed by atoms with van der Waals surface area (Å²) < 4.78 is 2.41. The van der Waals surface area contributed by atoms with E-state index in [1.54, 1.807) is 0 Å². The minimum atomic E-state index is -0.238. The van der Waals surface area contributed by atoms with Gasteiger partial charge in [-0.05, 0) is 99.6 Å². The molecule has 0 saturated carbocycles. The van der Waals surface area contributed by atoms with E-state index in [0.29, 0.717) is 0 Å². The minimum absolute atomic E-state index is 0.238. The van der Waals surface area contributed by atoms with Crippen molar-refractivity contribution >= 4 is 38.9 Å². The summed E-state index contributed by atoms with van der Waals surface area (Å²) in [6.07, 6.45) is 1.94. The number of fused-ring (bicyclic) bond motifs is 13. The molecule has 0 spiro atoms. The highest BCUT2D eigenvalue weighted by atomic mass is 15.2. The van der Waals surface area contributed by atoms with Crippen LogP contribution >= 0.6 is 0 Å². The summed E-state index contributed by atoms with van der Waals surface area (Å²) >= 11 is 0. The maximum Gasteiger partial charge on any atom is 0.0786 e. The van der Waals surface area contributed by atoms with E-state index in [4.69, 9.17) is 4.98 Å². The predicted molar refractivity (Wildman–Crippen MR) is 221 cm³/mol. The van der Waals surface area contributed by atoms with Crippen molar-refractivity contribution in [2.75, 3.05) is 4.90 Å². The Balaban J connectivity index is 1.22. The zero-order valence-electron chi connectivity index (χ0n) is 29.6. The number of anilines is 3. The number of hydrogen-bond donors (Lipinski definition) is 0. The zero-order valence-corrected chi connectivity index (χ0v) is 29.6. The van der Waals surface area contributed by atoms with E-state index in [-0.39, 0.29) is 5.41 Å². The largest absolute Gasteiger partial charge is 0.310 e. The van der Waals surface area contributed by atoms with Gasteiger partial charge in [-0.1, -0.05) is 123 Å². The van der Waals surface area contributed by atoms with E-state index in [0.717, 1.165) is 28.2 Å². The highest BCUT2D eigenvalue weighted by Crippen LogP contribution is 2.56. The van der Waals surface area contributed by atoms with Crippen LogP contribution in [0, 0.1) is 0 Å². The fourth-order valence-corrected chi connectivity index (χ4v) is 9.14. The molecule has 0 N–H and O–H groups in total. The van der Waals surface area contributed by atoms with E-state index >= 15 is 0 Å². The van der Waals surface area contributed by atoms with Crippen molar-refractivity contribution < 1.29 is 0 Å². The molecule has 1 aliphatic carbocycles. The molecule has 53 heavy (non-hydrogen) atoms. The van der Waals surface area contributed by atoms with Crippen LogP contribution in [0.2, 0.25) is 0 Å². The Hall–Kier alpha value is -6.71. The first kappa shape index (κ1) is 30.0. The topological polar surface area (TPSA) is 21.1 Å². The van der Waals surface area contributed by atoms with Crippen LogP contribution in [0.5, 0.6) is 0 Å². The fourth-order valence-electron chi connectivity index (χ4n) is 9.14. The van der Waals surface area contributed by atoms with E-state index < -0.39 is 0 Å². The number of rotatable bonds is 2. The minimum Gasteiger partial charge on any atom is -0.310 e. The number of aromatic nitrogens is 2. The van der Waals surface area contributed by atoms with Crippen LogP contribution < -0.4 is 4.90 Å². The van der Waals surface area contributed by atoms with Gasteiger partial charge in [0.2, 0.25) is 0 Å². The molecule has 0 unspecified atom stereocenters. The summed E-state index contributed by atoms with van der Waals surface area (Å²) in [4.78, 5) is 7.64. The van der Waals surface area contributed by atoms with Gasteiger partial charge >= 0.3 is 0 Å². The molecule has 1 aliphatic heterocycles. The lowest BCUT2D eigenvalue weighted by Crippen LogP contribution is -2.30. The second kappa shape index (κ2) is 11.1. The molecule has 9 aromatic rings. The number of benzene rings is 7. The highest BCUT2D eigenvalue weighted by Gasteiger charge is 2.38. The van der Waals surface area contributed by atoms with Crippen molar-refractivity contribution in [3.63, 3.8) is 0 Å². The van der Waals surface area contributed by atoms with Crippen LogP contribution in [0.1, 0.15) is 25.0 Å². The molecule has 250 valence electrons. The van der Waals surface area contributed by atoms with Gasteiger partial charge in [-0.2, -0.15) is 0 Å². The standard InChI is InChI=1S/C50H35N3/c1-50(2)43-22-10-13-25-47(43)52(32-15-4-3-5-16-32)48-31-41-35-18-7-6-17-34(35)40-29-33(53-45-23-11-8-19-37(45)38-20-9-12-24-46(38)53)26-27-36(40)39-21-14-28-51-49(39)42(41)30-44(48)50/h3-31H,1-2H3. The number of hydrogen-bond acceptors (Lipinski definition) is 2. The Morgan fingerprint density at radius 2 is 1.02 bits per heavy atom. The van der Waals surface area contributed by atoms with E-state index in [1.807, 2.05) is 6.20 Å². The number of nitrogens with zero attached hydrogens (tertiary/aromatic N) is 3. The Kier molecular flexibility index (Phi) is 6.30. The molecular formula is C50H35N3. The van der Waals surface area contributed by atoms with Gasteiger partial charge in [-0.15, -0.1) is 0 Å². The van der Waals surface area contributed by atoms with Gasteiger partial charge in [-0.25, -0.2) is 0 Å². The second-order valence-corrected chi connectivity index (χ2v) is 14.8. The third kappa shape index (κ3) is 4.25. The molecule has 11 rings (SSSR count). The average Bonchev–Trinajstić information content (AvgIpc) is 3.55. The lowest BCUT2D eigenvalue weighted by Gasteiger charge is -2.43. The Morgan fingerprint density at radius 1 is 0.415 bits per heavy atom. The van der Waals surface area contributed by atoms with E-state index in [9.17, 15) is 0 Å². The molecule has 7 aromatic carbocycles. The molecule has 0 atom stereocenters. The molecule has 0 bridgehead atoms. The zero-order chi connectivity index (χ0) is 35.3. The van der Waals surface area contributed by atoms with Crippen molar-refractivity contribution in [2.24, 2.45) is 0 Å². The van der Waals surface area contributed by atoms with Gasteiger partial charge in [0, 0.05) is 44.9 Å². The first-order chi connectivity index (χ1) is 26.1. The summed E-state index contributed by atoms with van der Waals surface area (Å²) in [5.74, 6) is 0. The van der Waals surface area contributed by atoms with Crippen molar-refractivity contribution in [1.29, 1.82) is 0 Å². The first-order valence-corrected chi connectivity index (χ1v) is 18.4. The molecule has 3 heterocycles. The number of pyridine rings is 1. The van der Waals surface area contributed by atoms with Crippen LogP contribution in [0.4, 0.5) is 17.1 Å². The third-order valence-electron chi connectivity index (χ3n) is 11.6. The van der Waals surface area contributed by atoms with Gasteiger partial charge in [0.1, 0.15) is 0 Å². The van der Waals surface area contributed by atoms with Crippen LogP contribution in [-0.2, 0) is 5.41 Å². The van der Waals surface area contributed by atoms with Crippen LogP contribution in [0.15, 0.2) is 176 Å². The maximum absolute atomic E-state index is 5.19. The van der Waals surface area contributed by atoms with Crippen molar-refractivity contribution in [1.82, 2.24) is 9.55 Å². The van der Waals surface area contributed by atoms with Crippen molar-refractivity contribution in [3.8, 4) is 50.3 Å². The molecule has 0 amide bonds. The first-order valence-electron chi connectivity index (χ1n) is 18.4. The monoisotopic (exact) mass is 677 g/mol.